The molecule has 4 heteroatoms. The Labute approximate surface area is 85.3 Å². The predicted molar refractivity (Wildman–Crippen MR) is 55.3 cm³/mol. The van der Waals surface area contributed by atoms with Gasteiger partial charge in [-0.25, -0.2) is 0 Å². The number of aliphatic carboxylic acids is 1. The molecule has 82 valence electrons. The van der Waals surface area contributed by atoms with Gasteiger partial charge in [0.25, 0.3) is 0 Å². The first-order valence-corrected chi connectivity index (χ1v) is 5.32. The van der Waals surface area contributed by atoms with Gasteiger partial charge < -0.3 is 15.3 Å². The van der Waals surface area contributed by atoms with Crippen LogP contribution in [0.2, 0.25) is 0 Å². The van der Waals surface area contributed by atoms with Crippen LogP contribution in [-0.2, 0) is 4.79 Å². The van der Waals surface area contributed by atoms with Crippen LogP contribution in [0.5, 0.6) is 0 Å². The molecule has 1 aliphatic rings. The third-order valence-corrected chi connectivity index (χ3v) is 2.61. The van der Waals surface area contributed by atoms with Crippen molar-refractivity contribution < 1.29 is 9.90 Å². The lowest BCUT2D eigenvalue weighted by Gasteiger charge is -2.22. The van der Waals surface area contributed by atoms with E-state index in [0.717, 1.165) is 19.5 Å². The van der Waals surface area contributed by atoms with Crippen LogP contribution < -0.4 is 5.32 Å². The van der Waals surface area contributed by atoms with Gasteiger partial charge in [0.15, 0.2) is 0 Å². The van der Waals surface area contributed by atoms with Gasteiger partial charge in [0.1, 0.15) is 0 Å². The summed E-state index contributed by atoms with van der Waals surface area (Å²) >= 11 is 0. The minimum atomic E-state index is -0.687. The van der Waals surface area contributed by atoms with Gasteiger partial charge in [-0.05, 0) is 19.9 Å². The Morgan fingerprint density at radius 1 is 1.57 bits per heavy atom. The normalized spacial score (nSPS) is 29.9. The van der Waals surface area contributed by atoms with Crippen LogP contribution in [0.15, 0.2) is 0 Å². The lowest BCUT2D eigenvalue weighted by atomic mass is 10.1. The molecule has 2 N–H and O–H groups in total. The van der Waals surface area contributed by atoms with Crippen LogP contribution in [0.25, 0.3) is 0 Å². The van der Waals surface area contributed by atoms with E-state index >= 15 is 0 Å². The van der Waals surface area contributed by atoms with E-state index in [1.807, 2.05) is 0 Å². The average Bonchev–Trinajstić information content (AvgIpc) is 2.28. The van der Waals surface area contributed by atoms with Crippen molar-refractivity contribution in [3.63, 3.8) is 0 Å². The third kappa shape index (κ3) is 3.27. The first-order valence-electron chi connectivity index (χ1n) is 5.32. The highest BCUT2D eigenvalue weighted by molar-refractivity contribution is 5.70. The Hall–Kier alpha value is -0.610. The Bertz CT molecular complexity index is 197. The summed E-state index contributed by atoms with van der Waals surface area (Å²) < 4.78 is 0. The Morgan fingerprint density at radius 2 is 2.29 bits per heavy atom. The second-order valence-electron chi connectivity index (χ2n) is 4.10. The van der Waals surface area contributed by atoms with Gasteiger partial charge in [0, 0.05) is 25.7 Å². The number of hydrogen-bond donors (Lipinski definition) is 2. The predicted octanol–water partition coefficient (Wildman–Crippen LogP) is 0.391. The molecule has 0 aromatic rings. The number of carbonyl (C=O) groups is 1. The number of nitrogens with one attached hydrogen (secondary N) is 1. The Balaban J connectivity index is 2.54. The minimum absolute atomic E-state index is 0.258. The number of carboxylic acids is 1. The van der Waals surface area contributed by atoms with Crippen molar-refractivity contribution in [1.29, 1.82) is 0 Å². The molecule has 0 saturated carbocycles. The molecular weight excluding hydrogens is 180 g/mol. The lowest BCUT2D eigenvalue weighted by Crippen LogP contribution is -2.35. The molecule has 0 aromatic heterocycles. The topological polar surface area (TPSA) is 52.6 Å². The average molecular weight is 200 g/mol. The van der Waals surface area contributed by atoms with E-state index in [1.54, 1.807) is 0 Å². The monoisotopic (exact) mass is 200 g/mol. The summed E-state index contributed by atoms with van der Waals surface area (Å²) in [7, 11) is 0. The van der Waals surface area contributed by atoms with E-state index in [9.17, 15) is 4.79 Å². The fourth-order valence-corrected chi connectivity index (χ4v) is 1.91. The highest BCUT2D eigenvalue weighted by Crippen LogP contribution is 2.07. The molecule has 1 fully saturated rings. The van der Waals surface area contributed by atoms with Crippen LogP contribution in [-0.4, -0.2) is 48.2 Å². The maximum Gasteiger partial charge on any atom is 0.309 e. The fraction of sp³-hybridized carbons (Fsp3) is 0.900. The van der Waals surface area contributed by atoms with Gasteiger partial charge in [-0.15, -0.1) is 0 Å². The maximum absolute atomic E-state index is 10.9. The zero-order valence-corrected chi connectivity index (χ0v) is 8.99. The summed E-state index contributed by atoms with van der Waals surface area (Å²) in [5, 5.41) is 12.2. The molecule has 0 aromatic carbocycles. The van der Waals surface area contributed by atoms with E-state index in [2.05, 4.69) is 24.1 Å². The molecule has 0 radical (unpaired) electrons. The zero-order chi connectivity index (χ0) is 10.6. The first-order chi connectivity index (χ1) is 6.63. The second kappa shape index (κ2) is 5.32. The molecule has 4 nitrogen and oxygen atoms in total. The molecule has 2 atom stereocenters. The van der Waals surface area contributed by atoms with Crippen molar-refractivity contribution in [2.75, 3.05) is 26.2 Å². The molecule has 0 spiro atoms. The molecule has 1 heterocycles. The van der Waals surface area contributed by atoms with Gasteiger partial charge >= 0.3 is 5.97 Å². The fourth-order valence-electron chi connectivity index (χ4n) is 1.91. The van der Waals surface area contributed by atoms with Gasteiger partial charge in [-0.1, -0.05) is 6.92 Å². The summed E-state index contributed by atoms with van der Waals surface area (Å²) in [5.74, 6) is -0.945. The molecule has 1 aliphatic heterocycles. The lowest BCUT2D eigenvalue weighted by molar-refractivity contribution is -0.141. The number of hydrogen-bond acceptors (Lipinski definition) is 3. The number of rotatable bonds is 3. The molecule has 0 bridgehead atoms. The van der Waals surface area contributed by atoms with Gasteiger partial charge in [0.05, 0.1) is 5.92 Å². The summed E-state index contributed by atoms with van der Waals surface area (Å²) in [6, 6.07) is 0.394. The van der Waals surface area contributed by atoms with Crippen LogP contribution in [0.3, 0.4) is 0 Å². The van der Waals surface area contributed by atoms with Crippen molar-refractivity contribution >= 4 is 5.97 Å². The smallest absolute Gasteiger partial charge is 0.309 e. The summed E-state index contributed by atoms with van der Waals surface area (Å²) in [6.45, 7) is 7.45. The largest absolute Gasteiger partial charge is 0.481 e. The molecule has 1 saturated heterocycles. The van der Waals surface area contributed by atoms with Crippen LogP contribution in [0.4, 0.5) is 0 Å². The molecule has 2 unspecified atom stereocenters. The zero-order valence-electron chi connectivity index (χ0n) is 8.99. The van der Waals surface area contributed by atoms with Crippen molar-refractivity contribution in [2.45, 2.75) is 26.3 Å². The standard InChI is InChI=1S/C10H20N2O2/c1-3-4-12-6-8(2)11-5-9(7-12)10(13)14/h8-9,11H,3-7H2,1-2H3,(H,13,14). The van der Waals surface area contributed by atoms with Gasteiger partial charge in [-0.3, -0.25) is 4.79 Å². The minimum Gasteiger partial charge on any atom is -0.481 e. The Morgan fingerprint density at radius 3 is 2.86 bits per heavy atom. The highest BCUT2D eigenvalue weighted by Gasteiger charge is 2.25. The summed E-state index contributed by atoms with van der Waals surface area (Å²) in [5.41, 5.74) is 0. The van der Waals surface area contributed by atoms with Gasteiger partial charge in [-0.2, -0.15) is 0 Å². The molecule has 0 aliphatic carbocycles. The van der Waals surface area contributed by atoms with Gasteiger partial charge in [0.2, 0.25) is 0 Å². The van der Waals surface area contributed by atoms with E-state index < -0.39 is 5.97 Å². The molecule has 0 amide bonds. The first kappa shape index (κ1) is 11.5. The summed E-state index contributed by atoms with van der Waals surface area (Å²) in [6.07, 6.45) is 1.08. The SMILES string of the molecule is CCCN1CC(C)NCC(C(=O)O)C1. The van der Waals surface area contributed by atoms with Crippen LogP contribution in [0.1, 0.15) is 20.3 Å². The summed E-state index contributed by atoms with van der Waals surface area (Å²) in [4.78, 5) is 13.1. The Kier molecular flexibility index (Phi) is 4.35. The highest BCUT2D eigenvalue weighted by atomic mass is 16.4. The van der Waals surface area contributed by atoms with Crippen LogP contribution in [0, 0.1) is 5.92 Å². The van der Waals surface area contributed by atoms with Crippen LogP contribution >= 0.6 is 0 Å². The number of carboxylic acid groups (broad SMARTS) is 1. The van der Waals surface area contributed by atoms with E-state index in [-0.39, 0.29) is 5.92 Å². The third-order valence-electron chi connectivity index (χ3n) is 2.61. The van der Waals surface area contributed by atoms with Crippen molar-refractivity contribution in [3.05, 3.63) is 0 Å². The molecule has 1 rings (SSSR count). The second-order valence-corrected chi connectivity index (χ2v) is 4.10. The van der Waals surface area contributed by atoms with E-state index in [0.29, 0.717) is 19.1 Å². The van der Waals surface area contributed by atoms with Crippen molar-refractivity contribution in [1.82, 2.24) is 10.2 Å². The van der Waals surface area contributed by atoms with E-state index in [1.165, 1.54) is 0 Å². The van der Waals surface area contributed by atoms with Crippen molar-refractivity contribution in [2.24, 2.45) is 5.92 Å². The van der Waals surface area contributed by atoms with Crippen molar-refractivity contribution in [3.8, 4) is 0 Å². The molecular formula is C10H20N2O2. The van der Waals surface area contributed by atoms with E-state index in [4.69, 9.17) is 5.11 Å². The quantitative estimate of drug-likeness (QED) is 0.692. The maximum atomic E-state index is 10.9. The number of nitrogens with zero attached hydrogens (tertiary/aromatic N) is 1. The molecule has 14 heavy (non-hydrogen) atoms.